The van der Waals surface area contributed by atoms with Gasteiger partial charge in [0, 0.05) is 24.2 Å². The molecular weight excluding hydrogens is 428 g/mol. The Hall–Kier alpha value is -0.490. The summed E-state index contributed by atoms with van der Waals surface area (Å²) in [5.74, 6) is 3.30. The molecular formula is C29H48O5. The molecule has 194 valence electrons. The highest BCUT2D eigenvalue weighted by Crippen LogP contribution is 2.68. The Bertz CT molecular complexity index is 799. The maximum atomic E-state index is 12.2. The molecule has 0 radical (unpaired) electrons. The summed E-state index contributed by atoms with van der Waals surface area (Å²) in [5.41, 5.74) is -1.98. The van der Waals surface area contributed by atoms with Crippen LogP contribution >= 0.6 is 0 Å². The van der Waals surface area contributed by atoms with Gasteiger partial charge in [0.2, 0.25) is 0 Å². The normalized spacial score (nSPS) is 51.6. The predicted molar refractivity (Wildman–Crippen MR) is 131 cm³/mol. The van der Waals surface area contributed by atoms with Crippen molar-refractivity contribution in [1.82, 2.24) is 0 Å². The Morgan fingerprint density at radius 2 is 1.82 bits per heavy atom. The van der Waals surface area contributed by atoms with Crippen LogP contribution in [0.25, 0.3) is 0 Å². The van der Waals surface area contributed by atoms with Gasteiger partial charge in [-0.05, 0) is 98.2 Å². The molecule has 0 aromatic rings. The van der Waals surface area contributed by atoms with Crippen LogP contribution in [-0.4, -0.2) is 50.6 Å². The number of Topliss-reactive ketones (excluding diaryl/α,β-unsaturated/α-hetero) is 1. The van der Waals surface area contributed by atoms with Gasteiger partial charge >= 0.3 is 0 Å². The largest absolute Gasteiger partial charge is 0.393 e. The third-order valence-corrected chi connectivity index (χ3v) is 12.5. The van der Waals surface area contributed by atoms with E-state index in [1.807, 2.05) is 0 Å². The summed E-state index contributed by atoms with van der Waals surface area (Å²) >= 11 is 0. The number of carbonyl (C=O) groups is 1. The fourth-order valence-electron chi connectivity index (χ4n) is 10.1. The monoisotopic (exact) mass is 476 g/mol. The van der Waals surface area contributed by atoms with Crippen molar-refractivity contribution in [2.75, 3.05) is 6.61 Å². The van der Waals surface area contributed by atoms with Crippen molar-refractivity contribution in [1.29, 1.82) is 0 Å². The van der Waals surface area contributed by atoms with Gasteiger partial charge in [-0.1, -0.05) is 27.7 Å². The molecule has 5 saturated carbocycles. The van der Waals surface area contributed by atoms with Gasteiger partial charge in [0.15, 0.2) is 0 Å². The molecule has 5 fully saturated rings. The van der Waals surface area contributed by atoms with E-state index in [4.69, 9.17) is 0 Å². The first-order valence-electron chi connectivity index (χ1n) is 14.2. The SMILES string of the molecule is CC1CC1C(C)CC(O)C(O)(CO)[C@H]1CC[C@H]2[C@@H]3CC[C@H]4CC(=O)CC[C@]4(C)[C@H]3C[C@@H](O)[C@]12C. The number of fused-ring (bicyclic) bond motifs is 5. The summed E-state index contributed by atoms with van der Waals surface area (Å²) in [6, 6.07) is 0. The molecule has 5 heteroatoms. The second kappa shape index (κ2) is 8.53. The average Bonchev–Trinajstić information content (AvgIpc) is 3.42. The van der Waals surface area contributed by atoms with Gasteiger partial charge in [-0.3, -0.25) is 4.79 Å². The third-order valence-electron chi connectivity index (χ3n) is 12.5. The molecule has 5 aliphatic rings. The molecule has 5 aliphatic carbocycles. The highest BCUT2D eigenvalue weighted by atomic mass is 16.4. The third kappa shape index (κ3) is 3.58. The zero-order chi connectivity index (χ0) is 24.6. The second-order valence-corrected chi connectivity index (χ2v) is 13.9. The molecule has 13 atom stereocenters. The first-order chi connectivity index (χ1) is 16.0. The fraction of sp³-hybridized carbons (Fsp3) is 0.966. The first kappa shape index (κ1) is 25.2. The van der Waals surface area contributed by atoms with Crippen molar-refractivity contribution in [3.8, 4) is 0 Å². The summed E-state index contributed by atoms with van der Waals surface area (Å²) in [7, 11) is 0. The minimum Gasteiger partial charge on any atom is -0.393 e. The molecule has 5 rings (SSSR count). The van der Waals surface area contributed by atoms with Crippen LogP contribution in [0.15, 0.2) is 0 Å². The van der Waals surface area contributed by atoms with Crippen LogP contribution in [0, 0.1) is 58.2 Å². The maximum Gasteiger partial charge on any atom is 0.133 e. The molecule has 0 aromatic heterocycles. The molecule has 0 amide bonds. The van der Waals surface area contributed by atoms with Crippen molar-refractivity contribution in [2.24, 2.45) is 58.2 Å². The van der Waals surface area contributed by atoms with E-state index < -0.39 is 29.8 Å². The van der Waals surface area contributed by atoms with E-state index in [2.05, 4.69) is 27.7 Å². The van der Waals surface area contributed by atoms with Crippen LogP contribution in [0.1, 0.15) is 91.9 Å². The number of ketones is 1. The van der Waals surface area contributed by atoms with E-state index in [-0.39, 0.29) is 17.3 Å². The van der Waals surface area contributed by atoms with E-state index >= 15 is 0 Å². The van der Waals surface area contributed by atoms with Gasteiger partial charge in [0.05, 0.1) is 18.8 Å². The Morgan fingerprint density at radius 3 is 2.47 bits per heavy atom. The second-order valence-electron chi connectivity index (χ2n) is 13.9. The molecule has 0 heterocycles. The van der Waals surface area contributed by atoms with Crippen molar-refractivity contribution in [2.45, 2.75) is 110 Å². The Kier molecular flexibility index (Phi) is 6.32. The molecule has 5 nitrogen and oxygen atoms in total. The number of rotatable bonds is 6. The molecule has 0 spiro atoms. The fourth-order valence-corrected chi connectivity index (χ4v) is 10.1. The van der Waals surface area contributed by atoms with E-state index in [1.54, 1.807) is 0 Å². The summed E-state index contributed by atoms with van der Waals surface area (Å²) in [5, 5.41) is 45.3. The zero-order valence-corrected chi connectivity index (χ0v) is 21.7. The molecule has 0 saturated heterocycles. The van der Waals surface area contributed by atoms with Crippen LogP contribution < -0.4 is 0 Å². The molecule has 4 N–H and O–H groups in total. The van der Waals surface area contributed by atoms with Crippen LogP contribution in [0.2, 0.25) is 0 Å². The Labute approximate surface area is 205 Å². The van der Waals surface area contributed by atoms with E-state index in [9.17, 15) is 25.2 Å². The summed E-state index contributed by atoms with van der Waals surface area (Å²) in [4.78, 5) is 12.2. The van der Waals surface area contributed by atoms with Gasteiger partial charge in [0.25, 0.3) is 0 Å². The Morgan fingerprint density at radius 1 is 1.12 bits per heavy atom. The molecule has 0 bridgehead atoms. The zero-order valence-electron chi connectivity index (χ0n) is 21.7. The van der Waals surface area contributed by atoms with Crippen molar-refractivity contribution >= 4 is 5.78 Å². The quantitative estimate of drug-likeness (QED) is 0.465. The first-order valence-corrected chi connectivity index (χ1v) is 14.2. The lowest BCUT2D eigenvalue weighted by molar-refractivity contribution is -0.216. The van der Waals surface area contributed by atoms with E-state index in [0.717, 1.165) is 32.1 Å². The van der Waals surface area contributed by atoms with Gasteiger partial charge in [-0.25, -0.2) is 0 Å². The smallest absolute Gasteiger partial charge is 0.133 e. The standard InChI is InChI=1S/C29H48O5/c1-16-11-21(16)17(2)12-26(33)29(34,15-30)24-8-7-22-20-6-5-18-13-19(31)9-10-27(18,3)23(20)14-25(32)28(22,24)4/h16-18,20-26,30,32-34H,5-15H2,1-4H3/t16?,17?,18-,20-,21?,22-,23-,24-,25+,26?,27-,28-,29?/m0/s1. The van der Waals surface area contributed by atoms with Crippen LogP contribution in [0.4, 0.5) is 0 Å². The van der Waals surface area contributed by atoms with E-state index in [1.165, 1.54) is 6.42 Å². The number of carbonyl (C=O) groups excluding carboxylic acids is 1. The van der Waals surface area contributed by atoms with Crippen LogP contribution in [0.3, 0.4) is 0 Å². The highest BCUT2D eigenvalue weighted by molar-refractivity contribution is 5.79. The summed E-state index contributed by atoms with van der Waals surface area (Å²) in [6.45, 7) is 8.44. The van der Waals surface area contributed by atoms with Gasteiger partial charge in [-0.15, -0.1) is 0 Å². The highest BCUT2D eigenvalue weighted by Gasteiger charge is 2.67. The van der Waals surface area contributed by atoms with Gasteiger partial charge < -0.3 is 20.4 Å². The maximum absolute atomic E-state index is 12.2. The molecule has 34 heavy (non-hydrogen) atoms. The lowest BCUT2D eigenvalue weighted by atomic mass is 9.43. The van der Waals surface area contributed by atoms with Crippen molar-refractivity contribution in [3.05, 3.63) is 0 Å². The summed E-state index contributed by atoms with van der Waals surface area (Å²) < 4.78 is 0. The minimum absolute atomic E-state index is 0.112. The summed E-state index contributed by atoms with van der Waals surface area (Å²) in [6.07, 6.45) is 7.01. The van der Waals surface area contributed by atoms with E-state index in [0.29, 0.717) is 67.0 Å². The number of aliphatic hydroxyl groups is 4. The number of hydrogen-bond acceptors (Lipinski definition) is 5. The average molecular weight is 477 g/mol. The van der Waals surface area contributed by atoms with Crippen LogP contribution in [0.5, 0.6) is 0 Å². The Balaban J connectivity index is 1.39. The van der Waals surface area contributed by atoms with Crippen molar-refractivity contribution in [3.63, 3.8) is 0 Å². The lowest BCUT2D eigenvalue weighted by Crippen LogP contribution is -2.63. The lowest BCUT2D eigenvalue weighted by Gasteiger charge is -2.62. The van der Waals surface area contributed by atoms with Gasteiger partial charge in [-0.2, -0.15) is 0 Å². The topological polar surface area (TPSA) is 98.0 Å². The minimum atomic E-state index is -1.58. The number of hydrogen-bond donors (Lipinski definition) is 4. The molecule has 0 aromatic carbocycles. The van der Waals surface area contributed by atoms with Crippen molar-refractivity contribution < 1.29 is 25.2 Å². The predicted octanol–water partition coefficient (Wildman–Crippen LogP) is 3.95. The van der Waals surface area contributed by atoms with Crippen LogP contribution in [-0.2, 0) is 4.79 Å². The molecule has 5 unspecified atom stereocenters. The van der Waals surface area contributed by atoms with Gasteiger partial charge in [0.1, 0.15) is 11.4 Å². The molecule has 0 aliphatic heterocycles. The number of aliphatic hydroxyl groups excluding tert-OH is 3.